The standard InChI is InChI=1S/C22H22N4O4/c1-30-20-8-3-2-6-16(20)18-12-19(25-24-18)22(28)23-17-7-4-5-13-11-14(21(27)26-29)9-10-15(13)17/h2-3,6,8-12,17,29H,4-5,7H2,1H3,(H,23,28)(H,24,25)(H,26,27)/t17-/m0/s1. The highest BCUT2D eigenvalue weighted by atomic mass is 16.5. The van der Waals surface area contributed by atoms with E-state index in [-0.39, 0.29) is 11.9 Å². The van der Waals surface area contributed by atoms with Gasteiger partial charge in [-0.15, -0.1) is 0 Å². The number of amides is 2. The van der Waals surface area contributed by atoms with Crippen molar-refractivity contribution >= 4 is 11.8 Å². The second-order valence-electron chi connectivity index (χ2n) is 7.14. The SMILES string of the molecule is COc1ccccc1-c1cc(C(=O)N[C@H]2CCCc3cc(C(=O)NO)ccc32)[nH]n1. The molecule has 2 aromatic carbocycles. The molecule has 0 aliphatic heterocycles. The number of fused-ring (bicyclic) bond motifs is 1. The van der Waals surface area contributed by atoms with Crippen LogP contribution in [0.2, 0.25) is 0 Å². The predicted molar refractivity (Wildman–Crippen MR) is 109 cm³/mol. The summed E-state index contributed by atoms with van der Waals surface area (Å²) < 4.78 is 5.37. The van der Waals surface area contributed by atoms with Crippen molar-refractivity contribution in [1.82, 2.24) is 21.0 Å². The molecule has 2 amide bonds. The second-order valence-corrected chi connectivity index (χ2v) is 7.14. The highest BCUT2D eigenvalue weighted by molar-refractivity contribution is 5.94. The van der Waals surface area contributed by atoms with Crippen LogP contribution < -0.4 is 15.5 Å². The number of carbonyl (C=O) groups is 2. The number of benzene rings is 2. The Morgan fingerprint density at radius 2 is 2.00 bits per heavy atom. The molecule has 0 fully saturated rings. The van der Waals surface area contributed by atoms with Crippen LogP contribution in [0.5, 0.6) is 5.75 Å². The number of para-hydroxylation sites is 1. The van der Waals surface area contributed by atoms with Crippen LogP contribution in [0.3, 0.4) is 0 Å². The van der Waals surface area contributed by atoms with Gasteiger partial charge in [0, 0.05) is 11.1 Å². The smallest absolute Gasteiger partial charge is 0.274 e. The fourth-order valence-electron chi connectivity index (χ4n) is 3.84. The Bertz CT molecular complexity index is 1090. The summed E-state index contributed by atoms with van der Waals surface area (Å²) in [4.78, 5) is 24.5. The molecule has 30 heavy (non-hydrogen) atoms. The number of aromatic nitrogens is 2. The van der Waals surface area contributed by atoms with Crippen LogP contribution in [0.15, 0.2) is 48.5 Å². The van der Waals surface area contributed by atoms with Gasteiger partial charge in [0.1, 0.15) is 11.4 Å². The van der Waals surface area contributed by atoms with Gasteiger partial charge in [0.05, 0.1) is 18.8 Å². The first-order valence-electron chi connectivity index (χ1n) is 9.67. The summed E-state index contributed by atoms with van der Waals surface area (Å²) in [6.45, 7) is 0. The molecule has 4 N–H and O–H groups in total. The van der Waals surface area contributed by atoms with E-state index in [1.807, 2.05) is 30.3 Å². The molecule has 0 spiro atoms. The summed E-state index contributed by atoms with van der Waals surface area (Å²) in [5, 5.41) is 19.0. The van der Waals surface area contributed by atoms with E-state index in [1.165, 1.54) is 0 Å². The first kappa shape index (κ1) is 19.7. The van der Waals surface area contributed by atoms with Gasteiger partial charge in [0.15, 0.2) is 0 Å². The summed E-state index contributed by atoms with van der Waals surface area (Å²) >= 11 is 0. The molecule has 0 saturated heterocycles. The molecule has 0 unspecified atom stereocenters. The zero-order chi connectivity index (χ0) is 21.1. The van der Waals surface area contributed by atoms with Crippen molar-refractivity contribution in [2.24, 2.45) is 0 Å². The molecule has 8 nitrogen and oxygen atoms in total. The summed E-state index contributed by atoms with van der Waals surface area (Å²) in [5.41, 5.74) is 5.79. The second kappa shape index (κ2) is 8.38. The minimum Gasteiger partial charge on any atom is -0.496 e. The van der Waals surface area contributed by atoms with Crippen LogP contribution in [0, 0.1) is 0 Å². The lowest BCUT2D eigenvalue weighted by Gasteiger charge is -2.26. The number of ether oxygens (including phenoxy) is 1. The van der Waals surface area contributed by atoms with Gasteiger partial charge in [-0.1, -0.05) is 18.2 Å². The van der Waals surface area contributed by atoms with Crippen LogP contribution >= 0.6 is 0 Å². The number of hydrogen-bond acceptors (Lipinski definition) is 5. The number of H-pyrrole nitrogens is 1. The molecule has 0 bridgehead atoms. The summed E-state index contributed by atoms with van der Waals surface area (Å²) in [7, 11) is 1.59. The monoisotopic (exact) mass is 406 g/mol. The molecular formula is C22H22N4O4. The van der Waals surface area contributed by atoms with E-state index in [0.717, 1.165) is 36.0 Å². The molecular weight excluding hydrogens is 384 g/mol. The predicted octanol–water partition coefficient (Wildman–Crippen LogP) is 3.01. The lowest BCUT2D eigenvalue weighted by atomic mass is 9.86. The van der Waals surface area contributed by atoms with Crippen LogP contribution in [-0.2, 0) is 6.42 Å². The Morgan fingerprint density at radius 3 is 2.80 bits per heavy atom. The maximum Gasteiger partial charge on any atom is 0.274 e. The Morgan fingerprint density at radius 1 is 1.17 bits per heavy atom. The van der Waals surface area contributed by atoms with E-state index in [1.54, 1.807) is 30.8 Å². The number of nitrogens with one attached hydrogen (secondary N) is 3. The van der Waals surface area contributed by atoms with Crippen molar-refractivity contribution in [1.29, 1.82) is 0 Å². The summed E-state index contributed by atoms with van der Waals surface area (Å²) in [5.74, 6) is -0.121. The van der Waals surface area contributed by atoms with Crippen molar-refractivity contribution in [3.8, 4) is 17.0 Å². The highest BCUT2D eigenvalue weighted by Crippen LogP contribution is 2.31. The topological polar surface area (TPSA) is 116 Å². The Kier molecular flexibility index (Phi) is 5.49. The minimum absolute atomic E-state index is 0.162. The number of aryl methyl sites for hydroxylation is 1. The maximum absolute atomic E-state index is 12.8. The lowest BCUT2D eigenvalue weighted by Crippen LogP contribution is -2.31. The van der Waals surface area contributed by atoms with E-state index >= 15 is 0 Å². The Balaban J connectivity index is 1.53. The average molecular weight is 406 g/mol. The number of methoxy groups -OCH3 is 1. The zero-order valence-corrected chi connectivity index (χ0v) is 16.4. The molecule has 8 heteroatoms. The number of aromatic amines is 1. The van der Waals surface area contributed by atoms with Gasteiger partial charge in [-0.3, -0.25) is 19.9 Å². The van der Waals surface area contributed by atoms with E-state index in [2.05, 4.69) is 15.5 Å². The quantitative estimate of drug-likeness (QED) is 0.384. The molecule has 4 rings (SSSR count). The van der Waals surface area contributed by atoms with Crippen molar-refractivity contribution in [2.45, 2.75) is 25.3 Å². The normalized spacial score (nSPS) is 15.2. The molecule has 0 radical (unpaired) electrons. The van der Waals surface area contributed by atoms with Crippen molar-refractivity contribution < 1.29 is 19.5 Å². The number of carbonyl (C=O) groups excluding carboxylic acids is 2. The van der Waals surface area contributed by atoms with Crippen LogP contribution in [0.25, 0.3) is 11.3 Å². The molecule has 1 aromatic heterocycles. The molecule has 1 heterocycles. The summed E-state index contributed by atoms with van der Waals surface area (Å²) in [6.07, 6.45) is 2.51. The van der Waals surface area contributed by atoms with E-state index in [0.29, 0.717) is 22.7 Å². The van der Waals surface area contributed by atoms with Gasteiger partial charge in [0.2, 0.25) is 0 Å². The first-order chi connectivity index (χ1) is 14.6. The average Bonchev–Trinajstić information content (AvgIpc) is 3.28. The van der Waals surface area contributed by atoms with E-state index in [9.17, 15) is 9.59 Å². The fourth-order valence-corrected chi connectivity index (χ4v) is 3.84. The third-order valence-electron chi connectivity index (χ3n) is 5.33. The Hall–Kier alpha value is -3.65. The van der Waals surface area contributed by atoms with Crippen LogP contribution in [0.1, 0.15) is 50.9 Å². The van der Waals surface area contributed by atoms with Crippen molar-refractivity contribution in [3.05, 3.63) is 70.9 Å². The van der Waals surface area contributed by atoms with Gasteiger partial charge < -0.3 is 10.1 Å². The number of nitrogens with zero attached hydrogens (tertiary/aromatic N) is 1. The molecule has 1 atom stereocenters. The van der Waals surface area contributed by atoms with Crippen molar-refractivity contribution in [3.63, 3.8) is 0 Å². The number of hydrogen-bond donors (Lipinski definition) is 4. The third-order valence-corrected chi connectivity index (χ3v) is 5.33. The van der Waals surface area contributed by atoms with Crippen molar-refractivity contribution in [2.75, 3.05) is 7.11 Å². The van der Waals surface area contributed by atoms with Gasteiger partial charge in [-0.2, -0.15) is 5.10 Å². The number of hydroxylamine groups is 1. The van der Waals surface area contributed by atoms with Gasteiger partial charge in [-0.05, 0) is 60.7 Å². The lowest BCUT2D eigenvalue weighted by molar-refractivity contribution is 0.0706. The Labute approximate surface area is 173 Å². The van der Waals surface area contributed by atoms with Crippen LogP contribution in [0.4, 0.5) is 0 Å². The van der Waals surface area contributed by atoms with E-state index < -0.39 is 5.91 Å². The third kappa shape index (κ3) is 3.77. The fraction of sp³-hybridized carbons (Fsp3) is 0.227. The first-order valence-corrected chi connectivity index (χ1v) is 9.67. The summed E-state index contributed by atoms with van der Waals surface area (Å²) in [6, 6.07) is 14.3. The van der Waals surface area contributed by atoms with Gasteiger partial charge in [-0.25, -0.2) is 5.48 Å². The largest absolute Gasteiger partial charge is 0.496 e. The van der Waals surface area contributed by atoms with E-state index in [4.69, 9.17) is 9.94 Å². The minimum atomic E-state index is -0.551. The molecule has 0 saturated carbocycles. The number of rotatable bonds is 5. The molecule has 3 aromatic rings. The molecule has 1 aliphatic carbocycles. The zero-order valence-electron chi connectivity index (χ0n) is 16.4. The van der Waals surface area contributed by atoms with Gasteiger partial charge in [0.25, 0.3) is 11.8 Å². The molecule has 154 valence electrons. The van der Waals surface area contributed by atoms with Crippen LogP contribution in [-0.4, -0.2) is 34.3 Å². The highest BCUT2D eigenvalue weighted by Gasteiger charge is 2.24. The maximum atomic E-state index is 12.8. The molecule has 1 aliphatic rings. The van der Waals surface area contributed by atoms with Gasteiger partial charge >= 0.3 is 0 Å².